The Morgan fingerprint density at radius 1 is 0.667 bits per heavy atom. The van der Waals surface area contributed by atoms with E-state index in [2.05, 4.69) is 41.0 Å². The van der Waals surface area contributed by atoms with Crippen molar-refractivity contribution < 1.29 is 42.9 Å². The van der Waals surface area contributed by atoms with Gasteiger partial charge in [0.25, 0.3) is 0 Å². The second-order valence-electron chi connectivity index (χ2n) is 10.7. The lowest BCUT2D eigenvalue weighted by Gasteiger charge is -2.21. The number of carbonyl (C=O) groups is 5. The van der Waals surface area contributed by atoms with E-state index in [0.29, 0.717) is 26.2 Å². The Morgan fingerprint density at radius 3 is 1.27 bits per heavy atom. The van der Waals surface area contributed by atoms with Gasteiger partial charge in [-0.05, 0) is 71.4 Å². The molecule has 260 valence electrons. The summed E-state index contributed by atoms with van der Waals surface area (Å²) in [4.78, 5) is 54.6. The average molecular weight is 665 g/mol. The molecule has 0 aromatic heterocycles. The van der Waals surface area contributed by atoms with Gasteiger partial charge in [0, 0.05) is 39.3 Å². The SMILES string of the molecule is C=CC(=O)Cl.C=CC(=O)NCC(CNC(=O)C=C)OCCNC(=O)OC(C)(C)C.CC(C)(C)OC(=O)NCCOC(CN)CN. The zero-order chi connectivity index (χ0) is 35.5. The highest BCUT2D eigenvalue weighted by molar-refractivity contribution is 6.66. The Bertz CT molecular complexity index is 893. The highest BCUT2D eigenvalue weighted by atomic mass is 35.5. The van der Waals surface area contributed by atoms with E-state index in [4.69, 9.17) is 42.0 Å². The Morgan fingerprint density at radius 2 is 1.00 bits per heavy atom. The minimum atomic E-state index is -0.572. The zero-order valence-corrected chi connectivity index (χ0v) is 28.1. The predicted octanol–water partition coefficient (Wildman–Crippen LogP) is 1.25. The first kappa shape index (κ1) is 45.9. The minimum absolute atomic E-state index is 0.152. The van der Waals surface area contributed by atoms with E-state index in [0.717, 1.165) is 18.2 Å². The topological polar surface area (TPSA) is 222 Å². The summed E-state index contributed by atoms with van der Waals surface area (Å²) in [5, 5.41) is 9.79. The molecule has 0 aromatic rings. The van der Waals surface area contributed by atoms with Crippen LogP contribution in [0.4, 0.5) is 9.59 Å². The van der Waals surface area contributed by atoms with Crippen molar-refractivity contribution in [3.8, 4) is 0 Å². The maximum atomic E-state index is 11.5. The van der Waals surface area contributed by atoms with Gasteiger partial charge in [-0.15, -0.1) is 0 Å². The largest absolute Gasteiger partial charge is 0.444 e. The Labute approximate surface area is 271 Å². The normalized spacial score (nSPS) is 10.6. The maximum Gasteiger partial charge on any atom is 0.407 e. The number of rotatable bonds is 17. The van der Waals surface area contributed by atoms with E-state index in [1.807, 2.05) is 20.8 Å². The number of allylic oxidation sites excluding steroid dienone is 1. The fraction of sp³-hybridized carbons (Fsp3) is 0.621. The molecule has 0 radical (unpaired) electrons. The molecule has 0 fully saturated rings. The van der Waals surface area contributed by atoms with Crippen LogP contribution in [0.1, 0.15) is 41.5 Å². The molecular formula is C29H53ClN6O9. The van der Waals surface area contributed by atoms with E-state index in [1.165, 1.54) is 0 Å². The van der Waals surface area contributed by atoms with Crippen LogP contribution in [-0.4, -0.2) is 105 Å². The van der Waals surface area contributed by atoms with Crippen LogP contribution >= 0.6 is 11.6 Å². The molecule has 0 saturated heterocycles. The van der Waals surface area contributed by atoms with Crippen LogP contribution in [0.15, 0.2) is 38.0 Å². The molecule has 4 amide bonds. The number of hydrogen-bond donors (Lipinski definition) is 6. The van der Waals surface area contributed by atoms with E-state index >= 15 is 0 Å². The van der Waals surface area contributed by atoms with Gasteiger partial charge < -0.3 is 51.7 Å². The van der Waals surface area contributed by atoms with Crippen molar-refractivity contribution >= 4 is 40.8 Å². The predicted molar refractivity (Wildman–Crippen MR) is 174 cm³/mol. The van der Waals surface area contributed by atoms with Crippen molar-refractivity contribution in [2.75, 3.05) is 52.5 Å². The fourth-order valence-corrected chi connectivity index (χ4v) is 2.38. The van der Waals surface area contributed by atoms with Crippen LogP contribution in [-0.2, 0) is 33.3 Å². The first-order valence-electron chi connectivity index (χ1n) is 14.0. The standard InChI is InChI=1S/C16H27N3O5.C10H23N3O3.C3H3ClO/c1-6-13(20)18-10-12(11-19-14(21)7-2)23-9-8-17-15(22)24-16(3,4)5;1-10(2,3)16-9(14)13-4-5-15-8(6-11)7-12;1-2-3(4)5/h6-7,12H,1-2,8-11H2,3-5H3,(H,17,22)(H,18,20)(H,19,21);8H,4-7,11-12H2,1-3H3,(H,13,14);2H,1H2. The van der Waals surface area contributed by atoms with Crippen molar-refractivity contribution in [2.24, 2.45) is 11.5 Å². The summed E-state index contributed by atoms with van der Waals surface area (Å²) in [6.45, 7) is 22.8. The van der Waals surface area contributed by atoms with Gasteiger partial charge in [-0.1, -0.05) is 19.7 Å². The monoisotopic (exact) mass is 664 g/mol. The zero-order valence-electron chi connectivity index (χ0n) is 27.4. The molecule has 0 aliphatic carbocycles. The second kappa shape index (κ2) is 26.9. The molecule has 0 spiro atoms. The molecule has 0 atom stereocenters. The summed E-state index contributed by atoms with van der Waals surface area (Å²) in [5.41, 5.74) is 9.73. The minimum Gasteiger partial charge on any atom is -0.444 e. The molecule has 8 N–H and O–H groups in total. The van der Waals surface area contributed by atoms with Crippen LogP contribution in [0, 0.1) is 0 Å². The molecule has 0 aromatic carbocycles. The van der Waals surface area contributed by atoms with Crippen molar-refractivity contribution in [1.29, 1.82) is 0 Å². The summed E-state index contributed by atoms with van der Waals surface area (Å²) in [5.74, 6) is -0.684. The highest BCUT2D eigenvalue weighted by Crippen LogP contribution is 2.06. The second-order valence-corrected chi connectivity index (χ2v) is 11.1. The van der Waals surface area contributed by atoms with Crippen LogP contribution < -0.4 is 32.7 Å². The Kier molecular flexibility index (Phi) is 27.4. The summed E-state index contributed by atoms with van der Waals surface area (Å²) >= 11 is 4.71. The van der Waals surface area contributed by atoms with Crippen molar-refractivity contribution in [2.45, 2.75) is 65.0 Å². The number of amides is 4. The van der Waals surface area contributed by atoms with Gasteiger partial charge >= 0.3 is 12.2 Å². The molecular weight excluding hydrogens is 612 g/mol. The van der Waals surface area contributed by atoms with Crippen molar-refractivity contribution in [3.05, 3.63) is 38.0 Å². The molecule has 0 rings (SSSR count). The van der Waals surface area contributed by atoms with Gasteiger partial charge in [-0.2, -0.15) is 0 Å². The van der Waals surface area contributed by atoms with Gasteiger partial charge in [0.05, 0.1) is 25.4 Å². The Balaban J connectivity index is -0.000000719. The summed E-state index contributed by atoms with van der Waals surface area (Å²) in [6.07, 6.45) is 1.73. The molecule has 0 aliphatic rings. The van der Waals surface area contributed by atoms with Crippen LogP contribution in [0.25, 0.3) is 0 Å². The maximum absolute atomic E-state index is 11.5. The summed E-state index contributed by atoms with van der Waals surface area (Å²) in [6, 6.07) is 0. The van der Waals surface area contributed by atoms with E-state index in [9.17, 15) is 24.0 Å². The van der Waals surface area contributed by atoms with E-state index < -0.39 is 34.7 Å². The molecule has 0 aliphatic heterocycles. The molecule has 16 heteroatoms. The third-order valence-electron chi connectivity index (χ3n) is 4.31. The van der Waals surface area contributed by atoms with Gasteiger partial charge in [0.15, 0.2) is 0 Å². The van der Waals surface area contributed by atoms with Crippen molar-refractivity contribution in [1.82, 2.24) is 21.3 Å². The fourth-order valence-electron chi connectivity index (χ4n) is 2.38. The van der Waals surface area contributed by atoms with Gasteiger partial charge in [-0.3, -0.25) is 14.4 Å². The number of halogens is 1. The smallest absolute Gasteiger partial charge is 0.407 e. The van der Waals surface area contributed by atoms with Gasteiger partial charge in [-0.25, -0.2) is 9.59 Å². The molecule has 0 heterocycles. The Hall–Kier alpha value is -3.50. The third kappa shape index (κ3) is 36.6. The van der Waals surface area contributed by atoms with Crippen LogP contribution in [0.3, 0.4) is 0 Å². The van der Waals surface area contributed by atoms with Crippen LogP contribution in [0.2, 0.25) is 0 Å². The van der Waals surface area contributed by atoms with E-state index in [-0.39, 0.29) is 44.2 Å². The number of ether oxygens (including phenoxy) is 4. The summed E-state index contributed by atoms with van der Waals surface area (Å²) < 4.78 is 21.0. The molecule has 0 unspecified atom stereocenters. The van der Waals surface area contributed by atoms with Crippen LogP contribution in [0.5, 0.6) is 0 Å². The molecule has 0 saturated carbocycles. The average Bonchev–Trinajstić information content (AvgIpc) is 2.94. The van der Waals surface area contributed by atoms with Crippen molar-refractivity contribution in [3.63, 3.8) is 0 Å². The number of carbonyl (C=O) groups excluding carboxylic acids is 5. The number of nitrogens with one attached hydrogen (secondary N) is 4. The molecule has 45 heavy (non-hydrogen) atoms. The third-order valence-corrected chi connectivity index (χ3v) is 4.47. The number of alkyl carbamates (subject to hydrolysis) is 2. The van der Waals surface area contributed by atoms with Gasteiger partial charge in [0.1, 0.15) is 11.2 Å². The molecule has 0 bridgehead atoms. The van der Waals surface area contributed by atoms with Gasteiger partial charge in [0.2, 0.25) is 17.1 Å². The highest BCUT2D eigenvalue weighted by Gasteiger charge is 2.17. The number of hydrogen-bond acceptors (Lipinski definition) is 11. The summed E-state index contributed by atoms with van der Waals surface area (Å²) in [7, 11) is 0. The first-order chi connectivity index (χ1) is 20.8. The first-order valence-corrected chi connectivity index (χ1v) is 14.4. The lowest BCUT2D eigenvalue weighted by molar-refractivity contribution is -0.117. The lowest BCUT2D eigenvalue weighted by atomic mass is 10.2. The molecule has 15 nitrogen and oxygen atoms in total. The lowest BCUT2D eigenvalue weighted by Crippen LogP contribution is -2.42. The quantitative estimate of drug-likeness (QED) is 0.0737. The number of nitrogens with two attached hydrogens (primary N) is 2. The van der Waals surface area contributed by atoms with E-state index in [1.54, 1.807) is 20.8 Å².